The van der Waals surface area contributed by atoms with E-state index in [0.717, 1.165) is 13.1 Å². The van der Waals surface area contributed by atoms with Gasteiger partial charge in [-0.25, -0.2) is 4.79 Å². The summed E-state index contributed by atoms with van der Waals surface area (Å²) in [6.45, 7) is 12.7. The molecule has 94 valence electrons. The van der Waals surface area contributed by atoms with E-state index in [9.17, 15) is 4.79 Å². The van der Waals surface area contributed by atoms with Crippen LogP contribution in [0.15, 0.2) is 25.3 Å². The minimum absolute atomic E-state index is 0.0463. The molecule has 3 nitrogen and oxygen atoms in total. The molecular weight excluding hydrogens is 200 g/mol. The number of carbonyl (C=O) groups excluding carboxylic acids is 1. The first kappa shape index (κ1) is 17.2. The van der Waals surface area contributed by atoms with Gasteiger partial charge in [-0.1, -0.05) is 64.8 Å². The van der Waals surface area contributed by atoms with E-state index >= 15 is 0 Å². The molecule has 0 radical (unpaired) electrons. The van der Waals surface area contributed by atoms with Gasteiger partial charge in [0.15, 0.2) is 0 Å². The van der Waals surface area contributed by atoms with Gasteiger partial charge in [0.25, 0.3) is 0 Å². The molecule has 3 heteroatoms. The Bertz CT molecular complexity index is 161. The summed E-state index contributed by atoms with van der Waals surface area (Å²) in [5, 5.41) is 5.14. The van der Waals surface area contributed by atoms with Gasteiger partial charge in [0.1, 0.15) is 0 Å². The molecule has 1 aliphatic heterocycles. The molecule has 0 aromatic carbocycles. The maximum atomic E-state index is 10.0. The Kier molecular flexibility index (Phi) is 17.4. The van der Waals surface area contributed by atoms with Crippen molar-refractivity contribution in [1.29, 1.82) is 0 Å². The molecule has 0 unspecified atom stereocenters. The Morgan fingerprint density at radius 3 is 1.56 bits per heavy atom. The highest BCUT2D eigenvalue weighted by molar-refractivity contribution is 5.75. The second-order valence-electron chi connectivity index (χ2n) is 3.36. The zero-order chi connectivity index (χ0) is 12.6. The van der Waals surface area contributed by atoms with E-state index in [-0.39, 0.29) is 6.03 Å². The maximum absolute atomic E-state index is 10.0. The molecule has 1 fully saturated rings. The highest BCUT2D eigenvalue weighted by Crippen LogP contribution is 1.95. The number of rotatable bonds is 4. The minimum Gasteiger partial charge on any atom is -0.336 e. The Hall–Kier alpha value is -1.25. The molecule has 0 spiro atoms. The van der Waals surface area contributed by atoms with E-state index in [1.54, 1.807) is 12.2 Å². The number of hydrogen-bond acceptors (Lipinski definition) is 1. The first-order valence-corrected chi connectivity index (χ1v) is 5.98. The summed E-state index contributed by atoms with van der Waals surface area (Å²) >= 11 is 0. The van der Waals surface area contributed by atoms with Gasteiger partial charge in [-0.05, 0) is 0 Å². The smallest absolute Gasteiger partial charge is 0.314 e. The fourth-order valence-corrected chi connectivity index (χ4v) is 0.915. The van der Waals surface area contributed by atoms with Crippen molar-refractivity contribution in [1.82, 2.24) is 10.6 Å². The molecule has 1 saturated heterocycles. The van der Waals surface area contributed by atoms with Crippen LogP contribution in [0.2, 0.25) is 0 Å². The molecule has 2 N–H and O–H groups in total. The SMILES string of the molecule is C=CC=C.CCCCCC.O=C1NCCN1. The third-order valence-electron chi connectivity index (χ3n) is 1.82. The number of amides is 2. The second-order valence-corrected chi connectivity index (χ2v) is 3.36. The van der Waals surface area contributed by atoms with Crippen LogP contribution in [0.25, 0.3) is 0 Å². The van der Waals surface area contributed by atoms with Gasteiger partial charge in [-0.15, -0.1) is 0 Å². The molecule has 2 amide bonds. The predicted octanol–water partition coefficient (Wildman–Crippen LogP) is 3.24. The Morgan fingerprint density at radius 1 is 1.06 bits per heavy atom. The van der Waals surface area contributed by atoms with E-state index in [1.165, 1.54) is 25.7 Å². The van der Waals surface area contributed by atoms with Gasteiger partial charge < -0.3 is 10.6 Å². The number of unbranched alkanes of at least 4 members (excludes halogenated alkanes) is 3. The third-order valence-corrected chi connectivity index (χ3v) is 1.82. The Balaban J connectivity index is 0. The average molecular weight is 226 g/mol. The molecule has 16 heavy (non-hydrogen) atoms. The molecule has 0 aromatic heterocycles. The van der Waals surface area contributed by atoms with Crippen molar-refractivity contribution >= 4 is 6.03 Å². The van der Waals surface area contributed by atoms with Crippen molar-refractivity contribution < 1.29 is 4.79 Å². The molecule has 0 atom stereocenters. The van der Waals surface area contributed by atoms with Gasteiger partial charge >= 0.3 is 6.03 Å². The van der Waals surface area contributed by atoms with Gasteiger partial charge in [0.05, 0.1) is 0 Å². The van der Waals surface area contributed by atoms with Crippen LogP contribution in [0, 0.1) is 0 Å². The Labute approximate surface area is 100 Å². The lowest BCUT2D eigenvalue weighted by molar-refractivity contribution is 0.248. The lowest BCUT2D eigenvalue weighted by atomic mass is 10.2. The van der Waals surface area contributed by atoms with Crippen molar-refractivity contribution in [2.24, 2.45) is 0 Å². The number of urea groups is 1. The van der Waals surface area contributed by atoms with E-state index in [1.807, 2.05) is 0 Å². The summed E-state index contributed by atoms with van der Waals surface area (Å²) in [6, 6.07) is -0.0463. The van der Waals surface area contributed by atoms with Gasteiger partial charge in [-0.3, -0.25) is 0 Å². The lowest BCUT2D eigenvalue weighted by Gasteiger charge is -1.86. The first-order chi connectivity index (χ1) is 7.72. The number of carbonyl (C=O) groups is 1. The highest BCUT2D eigenvalue weighted by Gasteiger charge is 2.02. The zero-order valence-corrected chi connectivity index (χ0v) is 10.7. The van der Waals surface area contributed by atoms with Gasteiger partial charge in [0.2, 0.25) is 0 Å². The van der Waals surface area contributed by atoms with Crippen LogP contribution < -0.4 is 10.6 Å². The van der Waals surface area contributed by atoms with E-state index in [2.05, 4.69) is 37.6 Å². The molecule has 0 bridgehead atoms. The standard InChI is InChI=1S/C6H14.C4H6.C3H6N2O/c1-3-5-6-4-2;1-3-4-2;6-3-4-1-2-5-3/h3-6H2,1-2H3;3-4H,1-2H2;1-2H2,(H2,4,5,6). The summed E-state index contributed by atoms with van der Waals surface area (Å²) in [5.41, 5.74) is 0. The van der Waals surface area contributed by atoms with Crippen LogP contribution in [0.4, 0.5) is 4.79 Å². The van der Waals surface area contributed by atoms with Crippen LogP contribution in [0.5, 0.6) is 0 Å². The summed E-state index contributed by atoms with van der Waals surface area (Å²) in [4.78, 5) is 10.0. The summed E-state index contributed by atoms with van der Waals surface area (Å²) in [7, 11) is 0. The van der Waals surface area contributed by atoms with Gasteiger partial charge in [0, 0.05) is 13.1 Å². The summed E-state index contributed by atoms with van der Waals surface area (Å²) < 4.78 is 0. The summed E-state index contributed by atoms with van der Waals surface area (Å²) in [6.07, 6.45) is 8.81. The number of allylic oxidation sites excluding steroid dienone is 2. The quantitative estimate of drug-likeness (QED) is 0.561. The van der Waals surface area contributed by atoms with E-state index < -0.39 is 0 Å². The molecule has 0 aromatic rings. The maximum Gasteiger partial charge on any atom is 0.314 e. The van der Waals surface area contributed by atoms with Crippen LogP contribution >= 0.6 is 0 Å². The van der Waals surface area contributed by atoms with Crippen LogP contribution in [0.1, 0.15) is 39.5 Å². The number of nitrogens with one attached hydrogen (secondary N) is 2. The second kappa shape index (κ2) is 16.2. The lowest BCUT2D eigenvalue weighted by Crippen LogP contribution is -2.20. The van der Waals surface area contributed by atoms with Crippen molar-refractivity contribution in [3.8, 4) is 0 Å². The Morgan fingerprint density at radius 2 is 1.44 bits per heavy atom. The molecular formula is C13H26N2O. The average Bonchev–Trinajstić information content (AvgIpc) is 2.78. The monoisotopic (exact) mass is 226 g/mol. The molecule has 0 aliphatic carbocycles. The zero-order valence-electron chi connectivity index (χ0n) is 10.7. The van der Waals surface area contributed by atoms with Gasteiger partial charge in [-0.2, -0.15) is 0 Å². The van der Waals surface area contributed by atoms with Crippen LogP contribution in [-0.4, -0.2) is 19.1 Å². The normalized spacial score (nSPS) is 12.0. The predicted molar refractivity (Wildman–Crippen MR) is 71.6 cm³/mol. The fourth-order valence-electron chi connectivity index (χ4n) is 0.915. The largest absolute Gasteiger partial charge is 0.336 e. The topological polar surface area (TPSA) is 41.1 Å². The van der Waals surface area contributed by atoms with E-state index in [0.29, 0.717) is 0 Å². The van der Waals surface area contributed by atoms with Crippen LogP contribution in [0.3, 0.4) is 0 Å². The molecule has 1 aliphatic rings. The minimum atomic E-state index is -0.0463. The molecule has 1 rings (SSSR count). The van der Waals surface area contributed by atoms with Crippen molar-refractivity contribution in [3.05, 3.63) is 25.3 Å². The summed E-state index contributed by atoms with van der Waals surface area (Å²) in [5.74, 6) is 0. The molecule has 1 heterocycles. The highest BCUT2D eigenvalue weighted by atomic mass is 16.2. The fraction of sp³-hybridized carbons (Fsp3) is 0.615. The van der Waals surface area contributed by atoms with Crippen molar-refractivity contribution in [3.63, 3.8) is 0 Å². The van der Waals surface area contributed by atoms with Crippen LogP contribution in [-0.2, 0) is 0 Å². The molecule has 0 saturated carbocycles. The third kappa shape index (κ3) is 18.5. The van der Waals surface area contributed by atoms with Crippen molar-refractivity contribution in [2.75, 3.05) is 13.1 Å². The van der Waals surface area contributed by atoms with Crippen molar-refractivity contribution in [2.45, 2.75) is 39.5 Å². The number of hydrogen-bond donors (Lipinski definition) is 2. The van der Waals surface area contributed by atoms with E-state index in [4.69, 9.17) is 0 Å². The first-order valence-electron chi connectivity index (χ1n) is 5.98.